The van der Waals surface area contributed by atoms with Gasteiger partial charge >= 0.3 is 0 Å². The quantitative estimate of drug-likeness (QED) is 0.908. The zero-order chi connectivity index (χ0) is 13.2. The fraction of sp³-hybridized carbons (Fsp3) is 0.438. The molecule has 0 bridgehead atoms. The Bertz CT molecular complexity index is 567. The normalized spacial score (nSPS) is 14.2. The summed E-state index contributed by atoms with van der Waals surface area (Å²) in [7, 11) is 0. The van der Waals surface area contributed by atoms with Crippen molar-refractivity contribution in [3.05, 3.63) is 46.3 Å². The first-order valence-electron chi connectivity index (χ1n) is 7.02. The van der Waals surface area contributed by atoms with Crippen LogP contribution in [-0.2, 0) is 19.4 Å². The van der Waals surface area contributed by atoms with Crippen LogP contribution in [0, 0.1) is 13.8 Å². The number of aryl methyl sites for hydroxylation is 3. The minimum Gasteiger partial charge on any atom is -0.381 e. The lowest BCUT2D eigenvalue weighted by Crippen LogP contribution is -2.09. The maximum atomic E-state index is 5.21. The van der Waals surface area contributed by atoms with Gasteiger partial charge in [-0.3, -0.25) is 0 Å². The van der Waals surface area contributed by atoms with E-state index in [-0.39, 0.29) is 0 Å². The number of rotatable bonds is 3. The number of aromatic nitrogens is 1. The van der Waals surface area contributed by atoms with Crippen molar-refractivity contribution < 1.29 is 4.52 Å². The van der Waals surface area contributed by atoms with Gasteiger partial charge in [-0.1, -0.05) is 17.3 Å². The monoisotopic (exact) mass is 256 g/mol. The Labute approximate surface area is 114 Å². The molecule has 1 aromatic heterocycles. The van der Waals surface area contributed by atoms with E-state index in [1.165, 1.54) is 48.1 Å². The SMILES string of the molecule is Cc1noc(C)c1CNc1cccc2c1CCCC2. The molecular formula is C16H20N2O. The summed E-state index contributed by atoms with van der Waals surface area (Å²) >= 11 is 0. The number of hydrogen-bond acceptors (Lipinski definition) is 3. The van der Waals surface area contributed by atoms with Crippen LogP contribution in [0.3, 0.4) is 0 Å². The van der Waals surface area contributed by atoms with Gasteiger partial charge in [0.15, 0.2) is 0 Å². The molecule has 0 unspecified atom stereocenters. The Morgan fingerprint density at radius 2 is 2.05 bits per heavy atom. The van der Waals surface area contributed by atoms with Crippen LogP contribution in [0.15, 0.2) is 22.7 Å². The van der Waals surface area contributed by atoms with Gasteiger partial charge in [0.1, 0.15) is 5.76 Å². The predicted molar refractivity (Wildman–Crippen MR) is 76.4 cm³/mol. The Kier molecular flexibility index (Phi) is 3.28. The predicted octanol–water partition coefficient (Wildman–Crippen LogP) is 3.78. The number of nitrogens with one attached hydrogen (secondary N) is 1. The van der Waals surface area contributed by atoms with Crippen LogP contribution in [0.5, 0.6) is 0 Å². The largest absolute Gasteiger partial charge is 0.381 e. The van der Waals surface area contributed by atoms with Crippen LogP contribution in [0.2, 0.25) is 0 Å². The second-order valence-electron chi connectivity index (χ2n) is 5.31. The number of benzene rings is 1. The van der Waals surface area contributed by atoms with Gasteiger partial charge in [0.25, 0.3) is 0 Å². The van der Waals surface area contributed by atoms with Crippen molar-refractivity contribution >= 4 is 5.69 Å². The molecule has 3 rings (SSSR count). The molecule has 100 valence electrons. The summed E-state index contributed by atoms with van der Waals surface area (Å²) in [6.07, 6.45) is 5.04. The molecule has 19 heavy (non-hydrogen) atoms. The Balaban J connectivity index is 1.81. The van der Waals surface area contributed by atoms with E-state index < -0.39 is 0 Å². The molecule has 1 aromatic carbocycles. The Hall–Kier alpha value is -1.77. The van der Waals surface area contributed by atoms with Crippen LogP contribution >= 0.6 is 0 Å². The van der Waals surface area contributed by atoms with E-state index in [9.17, 15) is 0 Å². The van der Waals surface area contributed by atoms with Gasteiger partial charge in [-0.05, 0) is 56.7 Å². The summed E-state index contributed by atoms with van der Waals surface area (Å²) in [5, 5.41) is 7.56. The van der Waals surface area contributed by atoms with Crippen LogP contribution in [0.4, 0.5) is 5.69 Å². The highest BCUT2D eigenvalue weighted by atomic mass is 16.5. The van der Waals surface area contributed by atoms with Gasteiger partial charge in [-0.25, -0.2) is 0 Å². The van der Waals surface area contributed by atoms with Gasteiger partial charge in [-0.2, -0.15) is 0 Å². The fourth-order valence-corrected chi connectivity index (χ4v) is 2.88. The van der Waals surface area contributed by atoms with Crippen molar-refractivity contribution in [3.63, 3.8) is 0 Å². The lowest BCUT2D eigenvalue weighted by atomic mass is 9.90. The molecule has 1 heterocycles. The third-order valence-electron chi connectivity index (χ3n) is 4.03. The zero-order valence-corrected chi connectivity index (χ0v) is 11.6. The lowest BCUT2D eigenvalue weighted by Gasteiger charge is -2.20. The first-order chi connectivity index (χ1) is 9.25. The van der Waals surface area contributed by atoms with Crippen molar-refractivity contribution in [2.75, 3.05) is 5.32 Å². The average Bonchev–Trinajstić information content (AvgIpc) is 2.76. The molecule has 0 radical (unpaired) electrons. The maximum absolute atomic E-state index is 5.21. The summed E-state index contributed by atoms with van der Waals surface area (Å²) in [5.74, 6) is 0.912. The van der Waals surface area contributed by atoms with Crippen molar-refractivity contribution in [3.8, 4) is 0 Å². The molecule has 0 spiro atoms. The van der Waals surface area contributed by atoms with Gasteiger partial charge in [0.05, 0.1) is 5.69 Å². The van der Waals surface area contributed by atoms with Gasteiger partial charge < -0.3 is 9.84 Å². The standard InChI is InChI=1S/C16H20N2O/c1-11-15(12(2)19-18-11)10-17-16-9-5-7-13-6-3-4-8-14(13)16/h5,7,9,17H,3-4,6,8,10H2,1-2H3. The summed E-state index contributed by atoms with van der Waals surface area (Å²) in [5.41, 5.74) is 6.44. The van der Waals surface area contributed by atoms with Crippen molar-refractivity contribution in [1.82, 2.24) is 5.16 Å². The second kappa shape index (κ2) is 5.08. The highest BCUT2D eigenvalue weighted by molar-refractivity contribution is 5.56. The summed E-state index contributed by atoms with van der Waals surface area (Å²) in [6, 6.07) is 6.59. The number of anilines is 1. The lowest BCUT2D eigenvalue weighted by molar-refractivity contribution is 0.392. The van der Waals surface area contributed by atoms with E-state index in [4.69, 9.17) is 4.52 Å². The molecule has 0 atom stereocenters. The molecule has 2 aromatic rings. The molecule has 3 heteroatoms. The minimum atomic E-state index is 0.789. The highest BCUT2D eigenvalue weighted by Crippen LogP contribution is 2.28. The van der Waals surface area contributed by atoms with E-state index in [0.717, 1.165) is 18.0 Å². The summed E-state index contributed by atoms with van der Waals surface area (Å²) < 4.78 is 5.21. The molecule has 1 aliphatic rings. The third kappa shape index (κ3) is 2.37. The molecule has 0 amide bonds. The second-order valence-corrected chi connectivity index (χ2v) is 5.31. The van der Waals surface area contributed by atoms with E-state index in [0.29, 0.717) is 0 Å². The van der Waals surface area contributed by atoms with Crippen molar-refractivity contribution in [2.24, 2.45) is 0 Å². The van der Waals surface area contributed by atoms with Crippen LogP contribution in [-0.4, -0.2) is 5.16 Å². The van der Waals surface area contributed by atoms with Gasteiger partial charge in [-0.15, -0.1) is 0 Å². The van der Waals surface area contributed by atoms with E-state index in [1.807, 2.05) is 13.8 Å². The summed E-state index contributed by atoms with van der Waals surface area (Å²) in [4.78, 5) is 0. The molecule has 0 fully saturated rings. The molecule has 0 saturated heterocycles. The van der Waals surface area contributed by atoms with Crippen LogP contribution in [0.25, 0.3) is 0 Å². The number of nitrogens with zero attached hydrogens (tertiary/aromatic N) is 1. The third-order valence-corrected chi connectivity index (χ3v) is 4.03. The smallest absolute Gasteiger partial charge is 0.138 e. The Morgan fingerprint density at radius 1 is 1.21 bits per heavy atom. The molecule has 0 saturated carbocycles. The van der Waals surface area contributed by atoms with Crippen molar-refractivity contribution in [2.45, 2.75) is 46.1 Å². The molecule has 1 N–H and O–H groups in total. The van der Waals surface area contributed by atoms with E-state index in [2.05, 4.69) is 28.7 Å². The van der Waals surface area contributed by atoms with Crippen molar-refractivity contribution in [1.29, 1.82) is 0 Å². The molecule has 0 aliphatic heterocycles. The van der Waals surface area contributed by atoms with Gasteiger partial charge in [0, 0.05) is 17.8 Å². The molecule has 3 nitrogen and oxygen atoms in total. The van der Waals surface area contributed by atoms with Crippen LogP contribution in [0.1, 0.15) is 41.0 Å². The average molecular weight is 256 g/mol. The fourth-order valence-electron chi connectivity index (χ4n) is 2.88. The van der Waals surface area contributed by atoms with Crippen LogP contribution < -0.4 is 5.32 Å². The zero-order valence-electron chi connectivity index (χ0n) is 11.6. The number of hydrogen-bond donors (Lipinski definition) is 1. The highest BCUT2D eigenvalue weighted by Gasteiger charge is 2.14. The number of fused-ring (bicyclic) bond motifs is 1. The van der Waals surface area contributed by atoms with E-state index >= 15 is 0 Å². The molecule has 1 aliphatic carbocycles. The Morgan fingerprint density at radius 3 is 2.84 bits per heavy atom. The minimum absolute atomic E-state index is 0.789. The molecular weight excluding hydrogens is 236 g/mol. The summed E-state index contributed by atoms with van der Waals surface area (Å²) in [6.45, 7) is 4.75. The topological polar surface area (TPSA) is 38.1 Å². The maximum Gasteiger partial charge on any atom is 0.138 e. The first-order valence-corrected chi connectivity index (χ1v) is 7.02. The van der Waals surface area contributed by atoms with E-state index in [1.54, 1.807) is 0 Å². The first kappa shape index (κ1) is 12.3. The van der Waals surface area contributed by atoms with Gasteiger partial charge in [0.2, 0.25) is 0 Å².